The van der Waals surface area contributed by atoms with Gasteiger partial charge in [-0.2, -0.15) is 0 Å². The molecule has 0 spiro atoms. The summed E-state index contributed by atoms with van der Waals surface area (Å²) in [6, 6.07) is 15.3. The number of ether oxygens (including phenoxy) is 2. The van der Waals surface area contributed by atoms with Gasteiger partial charge >= 0.3 is 29.6 Å². The summed E-state index contributed by atoms with van der Waals surface area (Å²) in [5.41, 5.74) is 1.82. The van der Waals surface area contributed by atoms with Crippen LogP contribution in [0.25, 0.3) is 0 Å². The second-order valence-corrected chi connectivity index (χ2v) is 6.52. The maximum absolute atomic E-state index is 5.40. The third kappa shape index (κ3) is 11.8. The predicted octanol–water partition coefficient (Wildman–Crippen LogP) is 2.76. The van der Waals surface area contributed by atoms with E-state index in [1.165, 1.54) is 19.6 Å². The molecule has 0 unspecified atom stereocenters. The van der Waals surface area contributed by atoms with Crippen LogP contribution in [0.4, 0.5) is 11.4 Å². The number of nitrogens with zero attached hydrogens (tertiary/aromatic N) is 1. The number of rotatable bonds is 9. The Kier molecular flexibility index (Phi) is 16.6. The number of hydrogen-bond acceptors (Lipinski definition) is 4. The average Bonchev–Trinajstić information content (AvgIpc) is 2.73. The van der Waals surface area contributed by atoms with Crippen molar-refractivity contribution in [1.29, 1.82) is 0 Å². The Labute approximate surface area is 211 Å². The second kappa shape index (κ2) is 17.4. The molecule has 0 fully saturated rings. The summed E-state index contributed by atoms with van der Waals surface area (Å²) in [6.45, 7) is 15.4. The fourth-order valence-electron chi connectivity index (χ4n) is 2.57. The van der Waals surface area contributed by atoms with Gasteiger partial charge in [-0.3, -0.25) is 0 Å². The molecule has 0 bridgehead atoms. The minimum absolute atomic E-state index is 0. The summed E-state index contributed by atoms with van der Waals surface area (Å²) < 4.78 is 10.8. The van der Waals surface area contributed by atoms with E-state index in [9.17, 15) is 0 Å². The van der Waals surface area contributed by atoms with Crippen LogP contribution in [-0.4, -0.2) is 42.9 Å². The first-order chi connectivity index (χ1) is 14.1. The molecule has 0 aliphatic carbocycles. The molecule has 0 aliphatic heterocycles. The van der Waals surface area contributed by atoms with Crippen molar-refractivity contribution in [2.24, 2.45) is 0 Å². The van der Waals surface area contributed by atoms with E-state index in [-0.39, 0.29) is 31.0 Å². The average molecular weight is 442 g/mol. The van der Waals surface area contributed by atoms with Gasteiger partial charge in [0, 0.05) is 11.4 Å². The summed E-state index contributed by atoms with van der Waals surface area (Å²) in [7, 11) is 0. The quantitative estimate of drug-likeness (QED) is 0.461. The molecule has 7 heteroatoms. The molecule has 30 heavy (non-hydrogen) atoms. The standard InChI is InChI=1S/C17H20N2O2S.C6H15N.Na.H/c1-3-20-15-9-5-13(6-10-15)18-17(22)19-14-7-11-16(12-8-14)21-4-2;1-4-7(5-2)6-3;;/h5-12H,3-4H2,1-2H3,(H2,18,19,22);4-6H2,1-3H3;;/q;;+1;-1. The van der Waals surface area contributed by atoms with Gasteiger partial charge in [-0.15, -0.1) is 0 Å². The first kappa shape index (κ1) is 28.7. The van der Waals surface area contributed by atoms with Crippen LogP contribution >= 0.6 is 12.2 Å². The van der Waals surface area contributed by atoms with Crippen molar-refractivity contribution < 1.29 is 40.5 Å². The Morgan fingerprint density at radius 2 is 1.07 bits per heavy atom. The van der Waals surface area contributed by atoms with Gasteiger partial charge in [0.2, 0.25) is 0 Å². The van der Waals surface area contributed by atoms with Crippen LogP contribution in [0.1, 0.15) is 36.0 Å². The normalized spacial score (nSPS) is 9.67. The molecule has 0 saturated carbocycles. The van der Waals surface area contributed by atoms with Gasteiger partial charge in [-0.05, 0) is 94.2 Å². The van der Waals surface area contributed by atoms with E-state index in [1.54, 1.807) is 0 Å². The Bertz CT molecular complexity index is 640. The second-order valence-electron chi connectivity index (χ2n) is 6.11. The Balaban J connectivity index is 0. The maximum atomic E-state index is 5.40. The van der Waals surface area contributed by atoms with Crippen LogP contribution in [0.3, 0.4) is 0 Å². The Hall–Kier alpha value is -1.31. The molecule has 2 rings (SSSR count). The molecule has 0 heterocycles. The van der Waals surface area contributed by atoms with Gasteiger partial charge in [0.15, 0.2) is 5.11 Å². The maximum Gasteiger partial charge on any atom is 1.00 e. The SMILES string of the molecule is CCN(CC)CC.CCOc1ccc(NC(=S)Nc2ccc(OCC)cc2)cc1.[H-].[Na+]. The van der Waals surface area contributed by atoms with E-state index in [4.69, 9.17) is 21.7 Å². The van der Waals surface area contributed by atoms with Gasteiger partial charge in [0.05, 0.1) is 13.2 Å². The molecule has 2 N–H and O–H groups in total. The van der Waals surface area contributed by atoms with Gasteiger partial charge in [0.1, 0.15) is 11.5 Å². The topological polar surface area (TPSA) is 45.8 Å². The fraction of sp³-hybridized carbons (Fsp3) is 0.435. The third-order valence-electron chi connectivity index (χ3n) is 4.19. The van der Waals surface area contributed by atoms with E-state index < -0.39 is 0 Å². The van der Waals surface area contributed by atoms with Crippen LogP contribution in [-0.2, 0) is 0 Å². The molecular weight excluding hydrogens is 405 g/mol. The monoisotopic (exact) mass is 441 g/mol. The van der Waals surface area contributed by atoms with Crippen molar-refractivity contribution in [2.75, 3.05) is 43.5 Å². The van der Waals surface area contributed by atoms with Gasteiger partial charge < -0.3 is 26.4 Å². The van der Waals surface area contributed by atoms with Crippen molar-refractivity contribution in [3.8, 4) is 11.5 Å². The number of benzene rings is 2. The molecule has 0 atom stereocenters. The number of thiocarbonyl (C=S) groups is 1. The van der Waals surface area contributed by atoms with Crippen LogP contribution in [0.2, 0.25) is 0 Å². The molecule has 5 nitrogen and oxygen atoms in total. The minimum atomic E-state index is 0. The predicted molar refractivity (Wildman–Crippen MR) is 130 cm³/mol. The van der Waals surface area contributed by atoms with E-state index >= 15 is 0 Å². The summed E-state index contributed by atoms with van der Waals surface area (Å²) >= 11 is 5.30. The van der Waals surface area contributed by atoms with Crippen molar-refractivity contribution in [2.45, 2.75) is 34.6 Å². The molecule has 0 radical (unpaired) electrons. The molecule has 0 amide bonds. The minimum Gasteiger partial charge on any atom is -1.00 e. The molecule has 2 aromatic carbocycles. The molecule has 0 aliphatic rings. The van der Waals surface area contributed by atoms with Crippen molar-refractivity contribution in [1.82, 2.24) is 4.90 Å². The fourth-order valence-corrected chi connectivity index (χ4v) is 2.80. The van der Waals surface area contributed by atoms with Crippen molar-refractivity contribution in [3.63, 3.8) is 0 Å². The summed E-state index contributed by atoms with van der Waals surface area (Å²) in [5.74, 6) is 1.69. The van der Waals surface area contributed by atoms with E-state index in [2.05, 4.69) is 36.3 Å². The van der Waals surface area contributed by atoms with Crippen LogP contribution in [0.15, 0.2) is 48.5 Å². The third-order valence-corrected chi connectivity index (χ3v) is 4.39. The molecule has 0 aromatic heterocycles. The number of anilines is 2. The van der Waals surface area contributed by atoms with Crippen molar-refractivity contribution >= 4 is 28.7 Å². The zero-order valence-electron chi connectivity index (χ0n) is 20.3. The largest absolute Gasteiger partial charge is 1.00 e. The Morgan fingerprint density at radius 1 is 0.733 bits per heavy atom. The number of nitrogens with one attached hydrogen (secondary N) is 2. The first-order valence-corrected chi connectivity index (χ1v) is 10.7. The zero-order valence-corrected chi connectivity index (χ0v) is 22.1. The molecule has 162 valence electrons. The first-order valence-electron chi connectivity index (χ1n) is 10.3. The Morgan fingerprint density at radius 3 is 1.30 bits per heavy atom. The van der Waals surface area contributed by atoms with E-state index in [0.29, 0.717) is 18.3 Å². The molecular formula is C23H36N3NaO2S. The van der Waals surface area contributed by atoms with Gasteiger partial charge in [-0.25, -0.2) is 0 Å². The van der Waals surface area contributed by atoms with Crippen molar-refractivity contribution in [3.05, 3.63) is 48.5 Å². The van der Waals surface area contributed by atoms with Crippen LogP contribution in [0.5, 0.6) is 11.5 Å². The summed E-state index contributed by atoms with van der Waals surface area (Å²) in [5, 5.41) is 6.80. The smallest absolute Gasteiger partial charge is 1.00 e. The van der Waals surface area contributed by atoms with E-state index in [1.807, 2.05) is 62.4 Å². The van der Waals surface area contributed by atoms with Gasteiger partial charge in [-0.1, -0.05) is 20.8 Å². The molecule has 0 saturated heterocycles. The van der Waals surface area contributed by atoms with Gasteiger partial charge in [0.25, 0.3) is 0 Å². The summed E-state index contributed by atoms with van der Waals surface area (Å²) in [6.07, 6.45) is 0. The van der Waals surface area contributed by atoms with E-state index in [0.717, 1.165) is 22.9 Å². The van der Waals surface area contributed by atoms with Crippen LogP contribution < -0.4 is 49.7 Å². The number of hydrogen-bond donors (Lipinski definition) is 2. The molecule has 2 aromatic rings. The van der Waals surface area contributed by atoms with Crippen LogP contribution in [0, 0.1) is 0 Å². The zero-order chi connectivity index (χ0) is 21.5. The summed E-state index contributed by atoms with van der Waals surface area (Å²) in [4.78, 5) is 2.38.